The lowest BCUT2D eigenvalue weighted by Crippen LogP contribution is -2.37. The molecule has 4 heteroatoms. The Morgan fingerprint density at radius 2 is 1.91 bits per heavy atom. The van der Waals surface area contributed by atoms with Crippen molar-refractivity contribution in [1.82, 2.24) is 10.2 Å². The van der Waals surface area contributed by atoms with Gasteiger partial charge in [0.1, 0.15) is 0 Å². The van der Waals surface area contributed by atoms with E-state index in [4.69, 9.17) is 5.11 Å². The molecule has 1 aromatic carbocycles. The van der Waals surface area contributed by atoms with Crippen LogP contribution < -0.4 is 5.32 Å². The van der Waals surface area contributed by atoms with Gasteiger partial charge in [0.2, 0.25) is 0 Å². The van der Waals surface area contributed by atoms with Gasteiger partial charge >= 0.3 is 5.97 Å². The molecule has 120 valence electrons. The maximum atomic E-state index is 10.9. The van der Waals surface area contributed by atoms with Gasteiger partial charge in [0.05, 0.1) is 5.56 Å². The van der Waals surface area contributed by atoms with Crippen LogP contribution >= 0.6 is 0 Å². The van der Waals surface area contributed by atoms with Gasteiger partial charge in [-0.05, 0) is 68.4 Å². The molecule has 3 rings (SSSR count). The molecule has 0 spiro atoms. The van der Waals surface area contributed by atoms with Crippen LogP contribution in [0.5, 0.6) is 0 Å². The first-order chi connectivity index (χ1) is 10.6. The van der Waals surface area contributed by atoms with Crippen molar-refractivity contribution in [1.29, 1.82) is 0 Å². The lowest BCUT2D eigenvalue weighted by molar-refractivity contribution is 0.0697. The van der Waals surface area contributed by atoms with Gasteiger partial charge in [-0.1, -0.05) is 19.1 Å². The van der Waals surface area contributed by atoms with Gasteiger partial charge in [0.15, 0.2) is 0 Å². The van der Waals surface area contributed by atoms with Crippen molar-refractivity contribution < 1.29 is 9.90 Å². The SMILES string of the molecule is C[C@@H]1CC1NCC1CCN(Cc2ccc(C(=O)O)cc2)CC1. The molecule has 0 amide bonds. The Hall–Kier alpha value is -1.39. The van der Waals surface area contributed by atoms with Crippen LogP contribution in [-0.4, -0.2) is 41.7 Å². The quantitative estimate of drug-likeness (QED) is 0.848. The van der Waals surface area contributed by atoms with E-state index in [-0.39, 0.29) is 0 Å². The first-order valence-corrected chi connectivity index (χ1v) is 8.40. The topological polar surface area (TPSA) is 52.6 Å². The highest BCUT2D eigenvalue weighted by Crippen LogP contribution is 2.29. The van der Waals surface area contributed by atoms with Crippen molar-refractivity contribution in [2.24, 2.45) is 11.8 Å². The van der Waals surface area contributed by atoms with E-state index in [1.807, 2.05) is 12.1 Å². The maximum Gasteiger partial charge on any atom is 0.335 e. The van der Waals surface area contributed by atoms with Crippen LogP contribution in [0.3, 0.4) is 0 Å². The van der Waals surface area contributed by atoms with Gasteiger partial charge in [-0.3, -0.25) is 4.90 Å². The predicted octanol–water partition coefficient (Wildman–Crippen LogP) is 2.59. The van der Waals surface area contributed by atoms with Gasteiger partial charge in [-0.25, -0.2) is 4.79 Å². The molecule has 0 aromatic heterocycles. The summed E-state index contributed by atoms with van der Waals surface area (Å²) in [5.41, 5.74) is 1.57. The van der Waals surface area contributed by atoms with E-state index >= 15 is 0 Å². The zero-order valence-electron chi connectivity index (χ0n) is 13.3. The number of hydrogen-bond acceptors (Lipinski definition) is 3. The number of nitrogens with one attached hydrogen (secondary N) is 1. The molecule has 2 N–H and O–H groups in total. The van der Waals surface area contributed by atoms with Crippen LogP contribution in [0.2, 0.25) is 0 Å². The molecule has 22 heavy (non-hydrogen) atoms. The Bertz CT molecular complexity index is 506. The number of carboxylic acids is 1. The minimum Gasteiger partial charge on any atom is -0.478 e. The molecule has 2 atom stereocenters. The lowest BCUT2D eigenvalue weighted by atomic mass is 9.96. The lowest BCUT2D eigenvalue weighted by Gasteiger charge is -2.32. The minimum absolute atomic E-state index is 0.364. The molecule has 1 unspecified atom stereocenters. The van der Waals surface area contributed by atoms with Crippen molar-refractivity contribution in [3.63, 3.8) is 0 Å². The van der Waals surface area contributed by atoms with Gasteiger partial charge < -0.3 is 10.4 Å². The fraction of sp³-hybridized carbons (Fsp3) is 0.611. The van der Waals surface area contributed by atoms with Crippen molar-refractivity contribution >= 4 is 5.97 Å². The molecule has 2 fully saturated rings. The zero-order valence-corrected chi connectivity index (χ0v) is 13.3. The number of nitrogens with zero attached hydrogens (tertiary/aromatic N) is 1. The summed E-state index contributed by atoms with van der Waals surface area (Å²) < 4.78 is 0. The number of benzene rings is 1. The van der Waals surface area contributed by atoms with E-state index in [1.165, 1.54) is 31.4 Å². The summed E-state index contributed by atoms with van der Waals surface area (Å²) in [5, 5.41) is 12.6. The molecule has 1 saturated heterocycles. The molecule has 2 aliphatic rings. The standard InChI is InChI=1S/C18H26N2O2/c1-13-10-17(13)19-11-14-6-8-20(9-7-14)12-15-2-4-16(5-3-15)18(21)22/h2-5,13-14,17,19H,6-12H2,1H3,(H,21,22)/t13-,17?/m1/s1. The molecular weight excluding hydrogens is 276 g/mol. The number of carbonyl (C=O) groups is 1. The predicted molar refractivity (Wildman–Crippen MR) is 87.0 cm³/mol. The first-order valence-electron chi connectivity index (χ1n) is 8.40. The summed E-state index contributed by atoms with van der Waals surface area (Å²) in [4.78, 5) is 13.3. The van der Waals surface area contributed by atoms with Crippen LogP contribution in [0.15, 0.2) is 24.3 Å². The van der Waals surface area contributed by atoms with Crippen LogP contribution in [0.25, 0.3) is 0 Å². The number of aromatic carboxylic acids is 1. The number of hydrogen-bond donors (Lipinski definition) is 2. The summed E-state index contributed by atoms with van der Waals surface area (Å²) in [6.07, 6.45) is 3.88. The second-order valence-corrected chi connectivity index (χ2v) is 6.95. The highest BCUT2D eigenvalue weighted by atomic mass is 16.4. The molecule has 1 aliphatic heterocycles. The van der Waals surface area contributed by atoms with E-state index in [0.717, 1.165) is 37.5 Å². The van der Waals surface area contributed by atoms with Crippen molar-refractivity contribution in [3.8, 4) is 0 Å². The minimum atomic E-state index is -0.857. The average molecular weight is 302 g/mol. The molecule has 1 heterocycles. The van der Waals surface area contributed by atoms with E-state index in [0.29, 0.717) is 5.56 Å². The molecular formula is C18H26N2O2. The normalized spacial score (nSPS) is 26.0. The maximum absolute atomic E-state index is 10.9. The summed E-state index contributed by atoms with van der Waals surface area (Å²) >= 11 is 0. The van der Waals surface area contributed by atoms with Crippen LogP contribution in [0.1, 0.15) is 42.1 Å². The third-order valence-electron chi connectivity index (χ3n) is 5.09. The Balaban J connectivity index is 1.40. The molecule has 1 saturated carbocycles. The van der Waals surface area contributed by atoms with E-state index in [2.05, 4.69) is 17.1 Å². The summed E-state index contributed by atoms with van der Waals surface area (Å²) in [6.45, 7) is 6.71. The van der Waals surface area contributed by atoms with Gasteiger partial charge in [-0.2, -0.15) is 0 Å². The van der Waals surface area contributed by atoms with Crippen molar-refractivity contribution in [2.75, 3.05) is 19.6 Å². The van der Waals surface area contributed by atoms with E-state index < -0.39 is 5.97 Å². The monoisotopic (exact) mass is 302 g/mol. The highest BCUT2D eigenvalue weighted by molar-refractivity contribution is 5.87. The largest absolute Gasteiger partial charge is 0.478 e. The molecule has 1 aromatic rings. The molecule has 4 nitrogen and oxygen atoms in total. The Labute approximate surface area is 132 Å². The van der Waals surface area contributed by atoms with Crippen molar-refractivity contribution in [3.05, 3.63) is 35.4 Å². The summed E-state index contributed by atoms with van der Waals surface area (Å²) in [7, 11) is 0. The second kappa shape index (κ2) is 6.80. The summed E-state index contributed by atoms with van der Waals surface area (Å²) in [5.74, 6) is 0.845. The van der Waals surface area contributed by atoms with Gasteiger partial charge in [-0.15, -0.1) is 0 Å². The molecule has 0 bridgehead atoms. The van der Waals surface area contributed by atoms with E-state index in [1.54, 1.807) is 12.1 Å². The fourth-order valence-corrected chi connectivity index (χ4v) is 3.28. The Morgan fingerprint density at radius 3 is 2.45 bits per heavy atom. The van der Waals surface area contributed by atoms with Gasteiger partial charge in [0.25, 0.3) is 0 Å². The van der Waals surface area contributed by atoms with E-state index in [9.17, 15) is 4.79 Å². The molecule has 1 aliphatic carbocycles. The summed E-state index contributed by atoms with van der Waals surface area (Å²) in [6, 6.07) is 8.05. The fourth-order valence-electron chi connectivity index (χ4n) is 3.28. The van der Waals surface area contributed by atoms with Crippen LogP contribution in [-0.2, 0) is 6.54 Å². The van der Waals surface area contributed by atoms with Crippen LogP contribution in [0, 0.1) is 11.8 Å². The third-order valence-corrected chi connectivity index (χ3v) is 5.09. The third kappa shape index (κ3) is 4.08. The smallest absolute Gasteiger partial charge is 0.335 e. The number of carboxylic acid groups (broad SMARTS) is 1. The average Bonchev–Trinajstić information content (AvgIpc) is 3.23. The number of piperidine rings is 1. The number of likely N-dealkylation sites (tertiary alicyclic amines) is 1. The number of rotatable bonds is 6. The van der Waals surface area contributed by atoms with Crippen LogP contribution in [0.4, 0.5) is 0 Å². The molecule has 0 radical (unpaired) electrons. The van der Waals surface area contributed by atoms with Crippen molar-refractivity contribution in [2.45, 2.75) is 38.8 Å². The van der Waals surface area contributed by atoms with Gasteiger partial charge in [0, 0.05) is 12.6 Å². The second-order valence-electron chi connectivity index (χ2n) is 6.95. The Morgan fingerprint density at radius 1 is 1.27 bits per heavy atom. The first kappa shape index (κ1) is 15.5. The zero-order chi connectivity index (χ0) is 15.5. The Kier molecular flexibility index (Phi) is 4.79. The highest BCUT2D eigenvalue weighted by Gasteiger charge is 2.32.